The van der Waals surface area contributed by atoms with Crippen LogP contribution in [0.1, 0.15) is 4.88 Å². The molecule has 0 radical (unpaired) electrons. The van der Waals surface area contributed by atoms with Gasteiger partial charge in [-0.1, -0.05) is 10.6 Å². The summed E-state index contributed by atoms with van der Waals surface area (Å²) in [5.41, 5.74) is 0.0432. The van der Waals surface area contributed by atoms with Crippen LogP contribution in [0.2, 0.25) is 0 Å². The lowest BCUT2D eigenvalue weighted by Crippen LogP contribution is -2.25. The first kappa shape index (κ1) is 13.6. The molecule has 2 nitrogen and oxygen atoms in total. The molecule has 2 aromatic rings. The second kappa shape index (κ2) is 5.44. The van der Waals surface area contributed by atoms with Gasteiger partial charge in [0.25, 0.3) is 0 Å². The first-order valence-electron chi connectivity index (χ1n) is 5.39. The number of nitrogens with zero attached hydrogens (tertiary/aromatic N) is 1. The molecule has 6 heteroatoms. The first-order chi connectivity index (χ1) is 9.00. The monoisotopic (exact) mass is 286 g/mol. The van der Waals surface area contributed by atoms with Crippen LogP contribution in [-0.4, -0.2) is 24.2 Å². The molecule has 0 aliphatic carbocycles. The molecule has 0 N–H and O–H groups in total. The van der Waals surface area contributed by atoms with Gasteiger partial charge in [0, 0.05) is 12.1 Å². The van der Waals surface area contributed by atoms with E-state index >= 15 is 0 Å². The van der Waals surface area contributed by atoms with Crippen molar-refractivity contribution < 1.29 is 22.5 Å². The lowest BCUT2D eigenvalue weighted by molar-refractivity contribution is -0.653. The van der Waals surface area contributed by atoms with Gasteiger partial charge < -0.3 is 4.74 Å². The fraction of sp³-hybridized carbons (Fsp3) is 0.154. The topological polar surface area (TPSA) is 12.2 Å². The van der Waals surface area contributed by atoms with E-state index in [0.29, 0.717) is 10.6 Å². The summed E-state index contributed by atoms with van der Waals surface area (Å²) < 4.78 is 44.4. The van der Waals surface area contributed by atoms with Gasteiger partial charge in [0.2, 0.25) is 5.69 Å². The summed E-state index contributed by atoms with van der Waals surface area (Å²) in [7, 11) is 1.47. The van der Waals surface area contributed by atoms with E-state index in [1.165, 1.54) is 42.7 Å². The van der Waals surface area contributed by atoms with Crippen LogP contribution in [0.5, 0.6) is 5.75 Å². The van der Waals surface area contributed by atoms with Gasteiger partial charge in [0.15, 0.2) is 6.21 Å². The third-order valence-electron chi connectivity index (χ3n) is 2.42. The number of benzene rings is 1. The molecule has 1 aromatic heterocycles. The fourth-order valence-corrected chi connectivity index (χ4v) is 2.17. The van der Waals surface area contributed by atoms with Crippen LogP contribution in [0, 0.1) is 0 Å². The maximum absolute atomic E-state index is 13.0. The van der Waals surface area contributed by atoms with E-state index in [-0.39, 0.29) is 10.3 Å². The molecule has 0 unspecified atom stereocenters. The Morgan fingerprint density at radius 1 is 1.16 bits per heavy atom. The number of rotatable bonds is 3. The highest BCUT2D eigenvalue weighted by Gasteiger charge is 2.45. The highest BCUT2D eigenvalue weighted by molar-refractivity contribution is 7.11. The number of methoxy groups -OCH3 is 1. The number of thiophene rings is 1. The van der Waals surface area contributed by atoms with Crippen molar-refractivity contribution in [3.63, 3.8) is 0 Å². The fourth-order valence-electron chi connectivity index (χ4n) is 1.53. The van der Waals surface area contributed by atoms with Crippen molar-refractivity contribution in [1.82, 2.24) is 0 Å². The minimum atomic E-state index is -4.47. The average molecular weight is 286 g/mol. The standard InChI is InChI=1S/C13H11F3NOS/c1-18-11-6-4-10(5-7-11)17(13(14,15)16)9-12-3-2-8-19-12/h2-9H,1H3/q+1/b17-9-. The molecule has 0 amide bonds. The molecule has 0 bridgehead atoms. The van der Waals surface area contributed by atoms with Crippen LogP contribution >= 0.6 is 11.3 Å². The molecule has 19 heavy (non-hydrogen) atoms. The predicted octanol–water partition coefficient (Wildman–Crippen LogP) is 4.04. The number of ether oxygens (including phenoxy) is 1. The molecule has 0 atom stereocenters. The number of hydrogen-bond donors (Lipinski definition) is 0. The normalized spacial score (nSPS) is 12.5. The van der Waals surface area contributed by atoms with Crippen molar-refractivity contribution in [2.45, 2.75) is 6.30 Å². The second-order valence-electron chi connectivity index (χ2n) is 3.68. The van der Waals surface area contributed by atoms with Gasteiger partial charge >= 0.3 is 6.30 Å². The summed E-state index contributed by atoms with van der Waals surface area (Å²) in [5, 5.41) is 1.73. The van der Waals surface area contributed by atoms with E-state index < -0.39 is 6.30 Å². The van der Waals surface area contributed by atoms with E-state index in [9.17, 15) is 13.2 Å². The highest BCUT2D eigenvalue weighted by Crippen LogP contribution is 2.27. The Labute approximate surface area is 112 Å². The number of hydrogen-bond acceptors (Lipinski definition) is 2. The Balaban J connectivity index is 2.43. The lowest BCUT2D eigenvalue weighted by Gasteiger charge is -2.05. The first-order valence-corrected chi connectivity index (χ1v) is 6.27. The average Bonchev–Trinajstić information content (AvgIpc) is 2.88. The Kier molecular flexibility index (Phi) is 3.90. The van der Waals surface area contributed by atoms with Crippen LogP contribution in [0.3, 0.4) is 0 Å². The quantitative estimate of drug-likeness (QED) is 0.471. The molecule has 0 spiro atoms. The summed E-state index contributed by atoms with van der Waals surface area (Å²) in [4.78, 5) is 0.535. The molecule has 0 saturated heterocycles. The predicted molar refractivity (Wildman–Crippen MR) is 68.5 cm³/mol. The molecule has 0 saturated carbocycles. The Morgan fingerprint density at radius 2 is 1.84 bits per heavy atom. The van der Waals surface area contributed by atoms with E-state index in [1.54, 1.807) is 17.5 Å². The minimum absolute atomic E-state index is 0.0432. The van der Waals surface area contributed by atoms with Crippen LogP contribution in [0.15, 0.2) is 41.8 Å². The molecule has 1 aromatic carbocycles. The Hall–Kier alpha value is -1.82. The molecule has 1 heterocycles. The maximum Gasteiger partial charge on any atom is 0.638 e. The van der Waals surface area contributed by atoms with Crippen molar-refractivity contribution in [1.29, 1.82) is 0 Å². The minimum Gasteiger partial charge on any atom is -0.497 e. The van der Waals surface area contributed by atoms with E-state index in [1.807, 2.05) is 0 Å². The van der Waals surface area contributed by atoms with Crippen molar-refractivity contribution in [3.05, 3.63) is 46.7 Å². The van der Waals surface area contributed by atoms with Crippen molar-refractivity contribution in [3.8, 4) is 5.75 Å². The number of halogens is 3. The molecular weight excluding hydrogens is 275 g/mol. The third-order valence-corrected chi connectivity index (χ3v) is 3.23. The van der Waals surface area contributed by atoms with Gasteiger partial charge in [0.1, 0.15) is 5.75 Å². The van der Waals surface area contributed by atoms with Gasteiger partial charge in [-0.3, -0.25) is 0 Å². The molecule has 2 rings (SSSR count). The van der Waals surface area contributed by atoms with Gasteiger partial charge in [-0.2, -0.15) is 0 Å². The zero-order chi connectivity index (χ0) is 13.9. The SMILES string of the molecule is COc1ccc(/[N+](=C/c2cccs2)C(F)(F)F)cc1. The summed E-state index contributed by atoms with van der Waals surface area (Å²) in [6.07, 6.45) is -3.40. The highest BCUT2D eigenvalue weighted by atomic mass is 32.1. The maximum atomic E-state index is 13.0. The Morgan fingerprint density at radius 3 is 2.32 bits per heavy atom. The molecule has 0 aliphatic heterocycles. The van der Waals surface area contributed by atoms with Crippen LogP contribution < -0.4 is 4.74 Å². The molecule has 100 valence electrons. The molecule has 0 fully saturated rings. The lowest BCUT2D eigenvalue weighted by atomic mass is 10.3. The van der Waals surface area contributed by atoms with Gasteiger partial charge in [-0.15, -0.1) is 24.5 Å². The molecule has 0 aliphatic rings. The smallest absolute Gasteiger partial charge is 0.497 e. The molecular formula is C13H11F3NOS+. The second-order valence-corrected chi connectivity index (χ2v) is 4.66. The zero-order valence-electron chi connectivity index (χ0n) is 10.0. The summed E-state index contributed by atoms with van der Waals surface area (Å²) in [5.74, 6) is 0.516. The summed E-state index contributed by atoms with van der Waals surface area (Å²) in [6, 6.07) is 9.07. The third kappa shape index (κ3) is 3.35. The van der Waals surface area contributed by atoms with Crippen LogP contribution in [0.4, 0.5) is 18.9 Å². The van der Waals surface area contributed by atoms with Crippen molar-refractivity contribution in [2.24, 2.45) is 0 Å². The van der Waals surface area contributed by atoms with Crippen LogP contribution in [0.25, 0.3) is 0 Å². The van der Waals surface area contributed by atoms with Crippen LogP contribution in [-0.2, 0) is 0 Å². The zero-order valence-corrected chi connectivity index (χ0v) is 10.8. The number of alkyl halides is 3. The Bertz CT molecular complexity index is 559. The van der Waals surface area contributed by atoms with Gasteiger partial charge in [-0.05, 0) is 23.6 Å². The van der Waals surface area contributed by atoms with E-state index in [4.69, 9.17) is 4.74 Å². The van der Waals surface area contributed by atoms with Crippen molar-refractivity contribution >= 4 is 23.2 Å². The van der Waals surface area contributed by atoms with E-state index in [2.05, 4.69) is 0 Å². The largest absolute Gasteiger partial charge is 0.638 e. The summed E-state index contributed by atoms with van der Waals surface area (Å²) in [6.45, 7) is 0. The van der Waals surface area contributed by atoms with Gasteiger partial charge in [0.05, 0.1) is 12.0 Å². The van der Waals surface area contributed by atoms with Crippen molar-refractivity contribution in [2.75, 3.05) is 7.11 Å². The van der Waals surface area contributed by atoms with Gasteiger partial charge in [-0.25, -0.2) is 0 Å². The van der Waals surface area contributed by atoms with E-state index in [0.717, 1.165) is 6.21 Å². The summed E-state index contributed by atoms with van der Waals surface area (Å²) >= 11 is 1.25.